The van der Waals surface area contributed by atoms with Gasteiger partial charge >= 0.3 is 12.4 Å². The minimum Gasteiger partial charge on any atom is -0.486 e. The second-order valence-corrected chi connectivity index (χ2v) is 8.46. The van der Waals surface area contributed by atoms with Gasteiger partial charge in [-0.15, -0.1) is 0 Å². The SMILES string of the molecule is O=C(C=Cc1cccnc1)NCC1Cc2cc(-c3cc(C(F)(F)F)cc(C(F)(F)F)c3)cc(Cl)c2O1. The van der Waals surface area contributed by atoms with Crippen LogP contribution >= 0.6 is 11.6 Å². The molecule has 2 heterocycles. The van der Waals surface area contributed by atoms with Crippen molar-refractivity contribution in [3.05, 3.63) is 88.2 Å². The van der Waals surface area contributed by atoms with E-state index in [0.29, 0.717) is 17.7 Å². The topological polar surface area (TPSA) is 51.2 Å². The van der Waals surface area contributed by atoms with Gasteiger partial charge in [-0.05, 0) is 59.2 Å². The van der Waals surface area contributed by atoms with Crippen LogP contribution in [-0.2, 0) is 23.6 Å². The number of nitrogens with one attached hydrogen (secondary N) is 1. The van der Waals surface area contributed by atoms with Gasteiger partial charge in [-0.3, -0.25) is 9.78 Å². The van der Waals surface area contributed by atoms with Crippen molar-refractivity contribution in [2.45, 2.75) is 24.9 Å². The van der Waals surface area contributed by atoms with Gasteiger partial charge in [0.2, 0.25) is 5.91 Å². The van der Waals surface area contributed by atoms with Crippen LogP contribution in [0.1, 0.15) is 22.3 Å². The van der Waals surface area contributed by atoms with Crippen molar-refractivity contribution in [1.29, 1.82) is 0 Å². The van der Waals surface area contributed by atoms with Crippen molar-refractivity contribution < 1.29 is 35.9 Å². The third-order valence-corrected chi connectivity index (χ3v) is 5.67. The average molecular weight is 527 g/mol. The van der Waals surface area contributed by atoms with Gasteiger partial charge in [0.05, 0.1) is 22.7 Å². The normalized spacial score (nSPS) is 15.6. The highest BCUT2D eigenvalue weighted by Gasteiger charge is 2.37. The van der Waals surface area contributed by atoms with Crippen LogP contribution in [0.15, 0.2) is 60.9 Å². The van der Waals surface area contributed by atoms with Crippen LogP contribution in [-0.4, -0.2) is 23.5 Å². The fourth-order valence-electron chi connectivity index (χ4n) is 3.71. The van der Waals surface area contributed by atoms with Crippen molar-refractivity contribution >= 4 is 23.6 Å². The molecule has 0 saturated heterocycles. The Kier molecular flexibility index (Phi) is 6.99. The molecular weight excluding hydrogens is 510 g/mol. The summed E-state index contributed by atoms with van der Waals surface area (Å²) in [5.41, 5.74) is -1.78. The molecule has 4 rings (SSSR count). The maximum absolute atomic E-state index is 13.2. The van der Waals surface area contributed by atoms with Crippen molar-refractivity contribution in [1.82, 2.24) is 10.3 Å². The van der Waals surface area contributed by atoms with Crippen LogP contribution < -0.4 is 10.1 Å². The third-order valence-electron chi connectivity index (χ3n) is 5.39. The van der Waals surface area contributed by atoms with Crippen LogP contribution in [0.5, 0.6) is 5.75 Å². The first-order valence-electron chi connectivity index (χ1n) is 10.5. The fourth-order valence-corrected chi connectivity index (χ4v) is 3.99. The van der Waals surface area contributed by atoms with E-state index < -0.39 is 29.6 Å². The molecule has 36 heavy (non-hydrogen) atoms. The molecule has 188 valence electrons. The number of amides is 1. The number of ether oxygens (including phenoxy) is 1. The molecule has 1 atom stereocenters. The fraction of sp³-hybridized carbons (Fsp3) is 0.200. The summed E-state index contributed by atoms with van der Waals surface area (Å²) in [6.07, 6.45) is -4.09. The predicted molar refractivity (Wildman–Crippen MR) is 121 cm³/mol. The number of benzene rings is 2. The molecule has 0 saturated carbocycles. The lowest BCUT2D eigenvalue weighted by molar-refractivity contribution is -0.143. The lowest BCUT2D eigenvalue weighted by Gasteiger charge is -2.15. The van der Waals surface area contributed by atoms with Crippen molar-refractivity contribution in [2.75, 3.05) is 6.54 Å². The first kappa shape index (κ1) is 25.6. The minimum absolute atomic E-state index is 0.0405. The van der Waals surface area contributed by atoms with E-state index in [2.05, 4.69) is 10.3 Å². The maximum Gasteiger partial charge on any atom is 0.416 e. The number of aromatic nitrogens is 1. The lowest BCUT2D eigenvalue weighted by Crippen LogP contribution is -2.33. The Morgan fingerprint density at radius 2 is 1.72 bits per heavy atom. The summed E-state index contributed by atoms with van der Waals surface area (Å²) in [6, 6.07) is 7.57. The molecule has 0 spiro atoms. The highest BCUT2D eigenvalue weighted by Crippen LogP contribution is 2.42. The molecule has 3 aromatic rings. The first-order chi connectivity index (χ1) is 16.9. The quantitative estimate of drug-likeness (QED) is 0.302. The molecule has 0 aliphatic carbocycles. The third kappa shape index (κ3) is 5.99. The monoisotopic (exact) mass is 526 g/mol. The molecule has 1 aliphatic heterocycles. The Morgan fingerprint density at radius 3 is 2.33 bits per heavy atom. The number of halogens is 7. The Morgan fingerprint density at radius 1 is 1.06 bits per heavy atom. The molecule has 0 fully saturated rings. The smallest absolute Gasteiger partial charge is 0.416 e. The Bertz CT molecular complexity index is 1270. The van der Waals surface area contributed by atoms with E-state index in [-0.39, 0.29) is 46.8 Å². The molecule has 1 aliphatic rings. The van der Waals surface area contributed by atoms with Crippen LogP contribution in [0.4, 0.5) is 26.3 Å². The number of carbonyl (C=O) groups excluding carboxylic acids is 1. The molecule has 11 heteroatoms. The zero-order valence-corrected chi connectivity index (χ0v) is 19.0. The number of rotatable bonds is 5. The number of nitrogens with zero attached hydrogens (tertiary/aromatic N) is 1. The van der Waals surface area contributed by atoms with E-state index in [9.17, 15) is 31.1 Å². The standard InChI is InChI=1S/C25H17ClF6N2O2/c26-21-10-15(16-7-18(24(27,28)29)11-19(8-16)25(30,31)32)6-17-9-20(36-23(17)21)13-34-22(35)4-3-14-2-1-5-33-12-14/h1-8,10-12,20H,9,13H2,(H,34,35). The van der Waals surface area contributed by atoms with E-state index in [1.807, 2.05) is 0 Å². The second-order valence-electron chi connectivity index (χ2n) is 8.05. The van der Waals surface area contributed by atoms with Crippen LogP contribution in [0.25, 0.3) is 17.2 Å². The molecule has 1 unspecified atom stereocenters. The van der Waals surface area contributed by atoms with Crippen LogP contribution in [0, 0.1) is 0 Å². The van der Waals surface area contributed by atoms with Crippen LogP contribution in [0.3, 0.4) is 0 Å². The van der Waals surface area contributed by atoms with E-state index >= 15 is 0 Å². The molecule has 1 amide bonds. The van der Waals surface area contributed by atoms with E-state index in [1.54, 1.807) is 30.6 Å². The molecule has 2 aromatic carbocycles. The second kappa shape index (κ2) is 9.85. The van der Waals surface area contributed by atoms with Gasteiger partial charge in [0, 0.05) is 30.5 Å². The highest BCUT2D eigenvalue weighted by atomic mass is 35.5. The number of alkyl halides is 6. The van der Waals surface area contributed by atoms with Gasteiger partial charge in [-0.2, -0.15) is 26.3 Å². The number of carbonyl (C=O) groups is 1. The van der Waals surface area contributed by atoms with Crippen molar-refractivity contribution in [3.8, 4) is 16.9 Å². The van der Waals surface area contributed by atoms with Crippen LogP contribution in [0.2, 0.25) is 5.02 Å². The van der Waals surface area contributed by atoms with Gasteiger partial charge in [0.1, 0.15) is 11.9 Å². The van der Waals surface area contributed by atoms with Gasteiger partial charge in [-0.25, -0.2) is 0 Å². The summed E-state index contributed by atoms with van der Waals surface area (Å²) in [6.45, 7) is 0.109. The Hall–Kier alpha value is -3.53. The molecule has 1 aromatic heterocycles. The van der Waals surface area contributed by atoms with Gasteiger partial charge in [0.25, 0.3) is 0 Å². The number of hydrogen-bond donors (Lipinski definition) is 1. The van der Waals surface area contributed by atoms with Crippen molar-refractivity contribution in [2.24, 2.45) is 0 Å². The summed E-state index contributed by atoms with van der Waals surface area (Å²) in [5.74, 6) is -0.109. The summed E-state index contributed by atoms with van der Waals surface area (Å²) in [7, 11) is 0. The molecule has 0 radical (unpaired) electrons. The van der Waals surface area contributed by atoms with E-state index in [0.717, 1.165) is 5.56 Å². The first-order valence-corrected chi connectivity index (χ1v) is 10.9. The largest absolute Gasteiger partial charge is 0.486 e. The van der Waals surface area contributed by atoms with E-state index in [1.165, 1.54) is 18.2 Å². The number of hydrogen-bond acceptors (Lipinski definition) is 3. The molecule has 0 bridgehead atoms. The zero-order chi connectivity index (χ0) is 26.1. The summed E-state index contributed by atoms with van der Waals surface area (Å²) < 4.78 is 85.2. The predicted octanol–water partition coefficient (Wildman–Crippen LogP) is 6.57. The minimum atomic E-state index is -4.96. The van der Waals surface area contributed by atoms with Gasteiger partial charge in [-0.1, -0.05) is 17.7 Å². The highest BCUT2D eigenvalue weighted by molar-refractivity contribution is 6.32. The number of pyridine rings is 1. The van der Waals surface area contributed by atoms with Gasteiger partial charge < -0.3 is 10.1 Å². The zero-order valence-electron chi connectivity index (χ0n) is 18.3. The number of fused-ring (bicyclic) bond motifs is 1. The molecular formula is C25H17ClF6N2O2. The van der Waals surface area contributed by atoms with Crippen molar-refractivity contribution in [3.63, 3.8) is 0 Å². The van der Waals surface area contributed by atoms with Gasteiger partial charge in [0.15, 0.2) is 0 Å². The average Bonchev–Trinajstić information content (AvgIpc) is 3.24. The van der Waals surface area contributed by atoms with E-state index in [4.69, 9.17) is 16.3 Å². The maximum atomic E-state index is 13.2. The Labute approximate surface area is 206 Å². The lowest BCUT2D eigenvalue weighted by atomic mass is 9.96. The summed E-state index contributed by atoms with van der Waals surface area (Å²) in [4.78, 5) is 16.0. The summed E-state index contributed by atoms with van der Waals surface area (Å²) in [5, 5.41) is 2.72. The Balaban J connectivity index is 1.51. The molecule has 1 N–H and O–H groups in total. The molecule has 4 nitrogen and oxygen atoms in total. The summed E-state index contributed by atoms with van der Waals surface area (Å²) >= 11 is 6.26.